The molecule has 6 heteroatoms. The molecule has 1 aromatic carbocycles. The van der Waals surface area contributed by atoms with Gasteiger partial charge in [0.1, 0.15) is 5.50 Å². The van der Waals surface area contributed by atoms with E-state index in [1.807, 2.05) is 0 Å². The van der Waals surface area contributed by atoms with Crippen LogP contribution in [0.15, 0.2) is 35.4 Å². The summed E-state index contributed by atoms with van der Waals surface area (Å²) in [6.45, 7) is 3.38. The predicted octanol–water partition coefficient (Wildman–Crippen LogP) is 3.95. The molecule has 0 N–H and O–H groups in total. The Kier molecular flexibility index (Phi) is 3.34. The Bertz CT molecular complexity index is 548. The first-order chi connectivity index (χ1) is 8.73. The number of anilines is 1. The van der Waals surface area contributed by atoms with Crippen molar-refractivity contribution in [2.24, 2.45) is 0 Å². The van der Waals surface area contributed by atoms with E-state index < -0.39 is 17.2 Å². The van der Waals surface area contributed by atoms with Crippen molar-refractivity contribution in [1.29, 1.82) is 0 Å². The molecule has 19 heavy (non-hydrogen) atoms. The van der Waals surface area contributed by atoms with Gasteiger partial charge in [0.05, 0.1) is 5.56 Å². The van der Waals surface area contributed by atoms with Crippen LogP contribution in [0.25, 0.3) is 0 Å². The van der Waals surface area contributed by atoms with E-state index in [1.54, 1.807) is 13.8 Å². The summed E-state index contributed by atoms with van der Waals surface area (Å²) < 4.78 is 37.4. The normalized spacial score (nSPS) is 20.4. The van der Waals surface area contributed by atoms with Crippen molar-refractivity contribution in [3.05, 3.63) is 41.0 Å². The Morgan fingerprint density at radius 1 is 1.16 bits per heavy atom. The van der Waals surface area contributed by atoms with Gasteiger partial charge in [-0.15, -0.1) is 0 Å². The minimum Gasteiger partial charge on any atom is -0.288 e. The fourth-order valence-corrected chi connectivity index (χ4v) is 2.25. The lowest BCUT2D eigenvalue weighted by molar-refractivity contribution is -0.137. The van der Waals surface area contributed by atoms with Crippen molar-refractivity contribution in [2.45, 2.75) is 25.5 Å². The van der Waals surface area contributed by atoms with Gasteiger partial charge in [-0.3, -0.25) is 9.69 Å². The Hall–Kier alpha value is -1.49. The second-order valence-electron chi connectivity index (χ2n) is 4.36. The van der Waals surface area contributed by atoms with Gasteiger partial charge in [0.15, 0.2) is 0 Å². The molecule has 0 fully saturated rings. The van der Waals surface area contributed by atoms with Gasteiger partial charge in [-0.05, 0) is 43.7 Å². The highest BCUT2D eigenvalue weighted by molar-refractivity contribution is 6.30. The highest BCUT2D eigenvalue weighted by atomic mass is 35.5. The van der Waals surface area contributed by atoms with Gasteiger partial charge in [-0.1, -0.05) is 11.6 Å². The van der Waals surface area contributed by atoms with Crippen LogP contribution in [0.5, 0.6) is 0 Å². The van der Waals surface area contributed by atoms with Crippen LogP contribution < -0.4 is 4.90 Å². The Morgan fingerprint density at radius 2 is 1.68 bits per heavy atom. The molecule has 1 aromatic rings. The fourth-order valence-electron chi connectivity index (χ4n) is 1.88. The molecule has 1 atom stereocenters. The summed E-state index contributed by atoms with van der Waals surface area (Å²) >= 11 is 6.11. The van der Waals surface area contributed by atoms with Crippen LogP contribution >= 0.6 is 11.6 Å². The van der Waals surface area contributed by atoms with Gasteiger partial charge in [-0.2, -0.15) is 13.2 Å². The molecule has 0 aromatic heterocycles. The number of halogens is 4. The van der Waals surface area contributed by atoms with Gasteiger partial charge in [0.2, 0.25) is 0 Å². The standard InChI is InChI=1S/C13H11ClF3NO/c1-7-8(2)12(19)18(11(7)14)10-5-3-9(4-6-10)13(15,16)17/h3-6,11H,1-2H3. The second-order valence-corrected chi connectivity index (χ2v) is 4.78. The smallest absolute Gasteiger partial charge is 0.288 e. The molecule has 1 unspecified atom stereocenters. The summed E-state index contributed by atoms with van der Waals surface area (Å²) in [4.78, 5) is 13.3. The van der Waals surface area contributed by atoms with E-state index >= 15 is 0 Å². The predicted molar refractivity (Wildman–Crippen MR) is 66.9 cm³/mol. The van der Waals surface area contributed by atoms with Gasteiger partial charge in [0.25, 0.3) is 5.91 Å². The topological polar surface area (TPSA) is 20.3 Å². The molecule has 2 nitrogen and oxygen atoms in total. The van der Waals surface area contributed by atoms with Crippen molar-refractivity contribution in [1.82, 2.24) is 0 Å². The average molecular weight is 290 g/mol. The Labute approximate surface area is 113 Å². The maximum atomic E-state index is 12.5. The number of amides is 1. The molecule has 0 saturated carbocycles. The summed E-state index contributed by atoms with van der Waals surface area (Å²) in [6.07, 6.45) is -4.39. The van der Waals surface area contributed by atoms with Crippen LogP contribution in [-0.2, 0) is 11.0 Å². The lowest BCUT2D eigenvalue weighted by Gasteiger charge is -2.22. The first kappa shape index (κ1) is 13.9. The zero-order chi connectivity index (χ0) is 14.4. The van der Waals surface area contributed by atoms with Crippen molar-refractivity contribution in [3.63, 3.8) is 0 Å². The lowest BCUT2D eigenvalue weighted by Crippen LogP contribution is -2.31. The minimum absolute atomic E-state index is 0.280. The van der Waals surface area contributed by atoms with E-state index in [-0.39, 0.29) is 5.91 Å². The summed E-state index contributed by atoms with van der Waals surface area (Å²) in [7, 11) is 0. The minimum atomic E-state index is -4.39. The molecule has 0 spiro atoms. The Balaban J connectivity index is 2.33. The summed E-state index contributed by atoms with van der Waals surface area (Å²) in [5.74, 6) is -0.280. The van der Waals surface area contributed by atoms with Crippen LogP contribution in [-0.4, -0.2) is 11.4 Å². The number of alkyl halides is 4. The molecule has 1 amide bonds. The third-order valence-electron chi connectivity index (χ3n) is 3.19. The summed E-state index contributed by atoms with van der Waals surface area (Å²) in [6, 6.07) is 4.38. The van der Waals surface area contributed by atoms with Crippen LogP contribution in [0.4, 0.5) is 18.9 Å². The number of hydrogen-bond donors (Lipinski definition) is 0. The highest BCUT2D eigenvalue weighted by Gasteiger charge is 2.35. The van der Waals surface area contributed by atoms with Crippen LogP contribution in [0.3, 0.4) is 0 Å². The SMILES string of the molecule is CC1=C(C)C(Cl)N(c2ccc(C(F)(F)F)cc2)C1=O. The molecule has 1 heterocycles. The van der Waals surface area contributed by atoms with Crippen LogP contribution in [0, 0.1) is 0 Å². The van der Waals surface area contributed by atoms with Gasteiger partial charge in [-0.25, -0.2) is 0 Å². The van der Waals surface area contributed by atoms with Crippen molar-refractivity contribution in [3.8, 4) is 0 Å². The number of benzene rings is 1. The number of rotatable bonds is 1. The average Bonchev–Trinajstić information content (AvgIpc) is 2.53. The first-order valence-corrected chi connectivity index (χ1v) is 5.99. The zero-order valence-electron chi connectivity index (χ0n) is 10.3. The summed E-state index contributed by atoms with van der Waals surface area (Å²) in [5.41, 5.74) is 0.195. The molecule has 1 aliphatic heterocycles. The van der Waals surface area contributed by atoms with E-state index in [9.17, 15) is 18.0 Å². The van der Waals surface area contributed by atoms with E-state index in [1.165, 1.54) is 17.0 Å². The molecule has 0 bridgehead atoms. The third kappa shape index (κ3) is 2.34. The van der Waals surface area contributed by atoms with E-state index in [0.717, 1.165) is 12.1 Å². The summed E-state index contributed by atoms with van der Waals surface area (Å²) in [5, 5.41) is 0. The lowest BCUT2D eigenvalue weighted by atomic mass is 10.2. The van der Waals surface area contributed by atoms with Crippen molar-refractivity contribution < 1.29 is 18.0 Å². The second kappa shape index (κ2) is 4.56. The molecule has 1 aliphatic rings. The molecular formula is C13H11ClF3NO. The molecule has 0 saturated heterocycles. The maximum Gasteiger partial charge on any atom is 0.416 e. The van der Waals surface area contributed by atoms with Gasteiger partial charge in [0, 0.05) is 11.3 Å². The van der Waals surface area contributed by atoms with Gasteiger partial charge < -0.3 is 0 Å². The molecular weight excluding hydrogens is 279 g/mol. The van der Waals surface area contributed by atoms with Crippen molar-refractivity contribution >= 4 is 23.2 Å². The van der Waals surface area contributed by atoms with E-state index in [0.29, 0.717) is 16.8 Å². The number of hydrogen-bond acceptors (Lipinski definition) is 1. The highest BCUT2D eigenvalue weighted by Crippen LogP contribution is 2.35. The Morgan fingerprint density at radius 3 is 2.05 bits per heavy atom. The number of carbonyl (C=O) groups excluding carboxylic acids is 1. The zero-order valence-corrected chi connectivity index (χ0v) is 11.0. The molecule has 102 valence electrons. The van der Waals surface area contributed by atoms with Crippen molar-refractivity contribution in [2.75, 3.05) is 4.90 Å². The van der Waals surface area contributed by atoms with Crippen LogP contribution in [0.1, 0.15) is 19.4 Å². The number of nitrogens with zero attached hydrogens (tertiary/aromatic N) is 1. The number of carbonyl (C=O) groups is 1. The quantitative estimate of drug-likeness (QED) is 0.566. The monoisotopic (exact) mass is 289 g/mol. The molecule has 0 radical (unpaired) electrons. The fraction of sp³-hybridized carbons (Fsp3) is 0.308. The van der Waals surface area contributed by atoms with Crippen LogP contribution in [0.2, 0.25) is 0 Å². The molecule has 0 aliphatic carbocycles. The molecule has 2 rings (SSSR count). The van der Waals surface area contributed by atoms with Gasteiger partial charge >= 0.3 is 6.18 Å². The third-order valence-corrected chi connectivity index (χ3v) is 3.71. The van der Waals surface area contributed by atoms with E-state index in [4.69, 9.17) is 11.6 Å². The first-order valence-electron chi connectivity index (χ1n) is 5.55. The maximum absolute atomic E-state index is 12.5. The largest absolute Gasteiger partial charge is 0.416 e. The van der Waals surface area contributed by atoms with E-state index in [2.05, 4.69) is 0 Å².